The number of aromatic nitrogens is 3. The van der Waals surface area contributed by atoms with Gasteiger partial charge in [-0.15, -0.1) is 11.3 Å². The minimum Gasteiger partial charge on any atom is -0.356 e. The molecule has 3 aromatic rings. The molecule has 1 aliphatic rings. The summed E-state index contributed by atoms with van der Waals surface area (Å²) in [7, 11) is 0. The number of hydrogen-bond acceptors (Lipinski definition) is 6. The van der Waals surface area contributed by atoms with E-state index in [0.717, 1.165) is 41.1 Å². The minimum absolute atomic E-state index is 0.0948. The van der Waals surface area contributed by atoms with E-state index < -0.39 is 0 Å². The zero-order valence-electron chi connectivity index (χ0n) is 15.9. The van der Waals surface area contributed by atoms with Crippen LogP contribution in [0, 0.1) is 13.8 Å². The Kier molecular flexibility index (Phi) is 5.13. The lowest BCUT2D eigenvalue weighted by molar-refractivity contribution is -0.122. The van der Waals surface area contributed by atoms with Crippen molar-refractivity contribution >= 4 is 17.2 Å². The number of thiophene rings is 1. The summed E-state index contributed by atoms with van der Waals surface area (Å²) in [5, 5.41) is 11.4. The van der Waals surface area contributed by atoms with Crippen LogP contribution in [0.3, 0.4) is 0 Å². The summed E-state index contributed by atoms with van der Waals surface area (Å²) in [5.74, 6) is 0.309. The second kappa shape index (κ2) is 7.71. The smallest absolute Gasteiger partial charge is 0.268 e. The van der Waals surface area contributed by atoms with Gasteiger partial charge in [-0.25, -0.2) is 4.68 Å². The van der Waals surface area contributed by atoms with Gasteiger partial charge in [-0.2, -0.15) is 5.10 Å². The zero-order valence-corrected chi connectivity index (χ0v) is 16.7. The quantitative estimate of drug-likeness (QED) is 0.712. The molecule has 0 spiro atoms. The molecule has 1 N–H and O–H groups in total. The molecule has 0 bridgehead atoms. The number of aryl methyl sites for hydroxylation is 2. The van der Waals surface area contributed by atoms with Gasteiger partial charge < -0.3 is 9.84 Å². The number of nitrogens with one attached hydrogen (secondary N) is 1. The van der Waals surface area contributed by atoms with Crippen LogP contribution in [0.25, 0.3) is 21.9 Å². The van der Waals surface area contributed by atoms with Gasteiger partial charge in [0.1, 0.15) is 12.2 Å². The molecule has 1 fully saturated rings. The number of rotatable bonds is 5. The van der Waals surface area contributed by atoms with E-state index in [1.165, 1.54) is 10.7 Å². The zero-order chi connectivity index (χ0) is 19.7. The van der Waals surface area contributed by atoms with E-state index in [0.29, 0.717) is 17.0 Å². The Morgan fingerprint density at radius 1 is 1.29 bits per heavy atom. The largest absolute Gasteiger partial charge is 0.356 e. The molecule has 1 aliphatic carbocycles. The standard InChI is InChI=1S/C20H22N4O3S/c1-12-9-16(27-23-12)15-10-19(26)24(11-18(25)21-14-5-3-4-6-14)22-20(15)17-8-7-13(2)28-17/h7-10,14H,3-6,11H2,1-2H3,(H,21,25). The molecule has 146 valence electrons. The van der Waals surface area contributed by atoms with Gasteiger partial charge in [0.25, 0.3) is 5.56 Å². The molecule has 0 saturated heterocycles. The van der Waals surface area contributed by atoms with Crippen molar-refractivity contribution in [2.45, 2.75) is 52.1 Å². The predicted molar refractivity (Wildman–Crippen MR) is 107 cm³/mol. The first-order chi connectivity index (χ1) is 13.5. The van der Waals surface area contributed by atoms with Crippen LogP contribution in [0.5, 0.6) is 0 Å². The van der Waals surface area contributed by atoms with Gasteiger partial charge in [-0.1, -0.05) is 18.0 Å². The molecule has 0 radical (unpaired) electrons. The Labute approximate surface area is 166 Å². The number of carbonyl (C=O) groups excluding carboxylic acids is 1. The van der Waals surface area contributed by atoms with Crippen LogP contribution < -0.4 is 10.9 Å². The Hall–Kier alpha value is -2.74. The third-order valence-electron chi connectivity index (χ3n) is 4.88. The number of carbonyl (C=O) groups is 1. The molecule has 1 amide bonds. The fourth-order valence-corrected chi connectivity index (χ4v) is 4.37. The maximum atomic E-state index is 12.6. The molecule has 0 unspecified atom stereocenters. The van der Waals surface area contributed by atoms with Crippen molar-refractivity contribution < 1.29 is 9.32 Å². The van der Waals surface area contributed by atoms with Gasteiger partial charge in [0.2, 0.25) is 5.91 Å². The van der Waals surface area contributed by atoms with Crippen LogP contribution in [0.1, 0.15) is 36.3 Å². The number of hydrogen-bond donors (Lipinski definition) is 1. The highest BCUT2D eigenvalue weighted by Crippen LogP contribution is 2.33. The summed E-state index contributed by atoms with van der Waals surface area (Å²) < 4.78 is 6.59. The Morgan fingerprint density at radius 3 is 2.71 bits per heavy atom. The Balaban J connectivity index is 1.70. The average molecular weight is 398 g/mol. The third-order valence-corrected chi connectivity index (χ3v) is 5.89. The van der Waals surface area contributed by atoms with Crippen LogP contribution in [0.15, 0.2) is 33.6 Å². The van der Waals surface area contributed by atoms with Gasteiger partial charge >= 0.3 is 0 Å². The molecule has 3 aromatic heterocycles. The number of amides is 1. The van der Waals surface area contributed by atoms with Crippen molar-refractivity contribution in [2.24, 2.45) is 0 Å². The van der Waals surface area contributed by atoms with Gasteiger partial charge in [0, 0.05) is 23.1 Å². The maximum Gasteiger partial charge on any atom is 0.268 e. The van der Waals surface area contributed by atoms with Crippen molar-refractivity contribution in [2.75, 3.05) is 0 Å². The lowest BCUT2D eigenvalue weighted by Gasteiger charge is -2.13. The molecule has 0 aromatic carbocycles. The van der Waals surface area contributed by atoms with Crippen molar-refractivity contribution in [3.8, 4) is 21.9 Å². The highest BCUT2D eigenvalue weighted by Gasteiger charge is 2.20. The fraction of sp³-hybridized carbons (Fsp3) is 0.400. The molecule has 8 heteroatoms. The molecular weight excluding hydrogens is 376 g/mol. The van der Waals surface area contributed by atoms with Crippen LogP contribution in [-0.2, 0) is 11.3 Å². The molecule has 0 aliphatic heterocycles. The van der Waals surface area contributed by atoms with E-state index in [-0.39, 0.29) is 24.1 Å². The highest BCUT2D eigenvalue weighted by atomic mass is 32.1. The first-order valence-electron chi connectivity index (χ1n) is 9.41. The molecule has 3 heterocycles. The first kappa shape index (κ1) is 18.6. The van der Waals surface area contributed by atoms with Crippen LogP contribution in [0.4, 0.5) is 0 Å². The third kappa shape index (κ3) is 3.91. The SMILES string of the molecule is Cc1cc(-c2cc(=O)n(CC(=O)NC3CCCC3)nc2-c2ccc(C)s2)on1. The maximum absolute atomic E-state index is 12.6. The molecule has 0 atom stereocenters. The predicted octanol–water partition coefficient (Wildman–Crippen LogP) is 3.30. The van der Waals surface area contributed by atoms with Gasteiger partial charge in [-0.05, 0) is 38.8 Å². The summed E-state index contributed by atoms with van der Waals surface area (Å²) in [6, 6.07) is 7.42. The van der Waals surface area contributed by atoms with Gasteiger partial charge in [-0.3, -0.25) is 9.59 Å². The fourth-order valence-electron chi connectivity index (χ4n) is 3.51. The highest BCUT2D eigenvalue weighted by molar-refractivity contribution is 7.15. The van der Waals surface area contributed by atoms with Gasteiger partial charge in [0.05, 0.1) is 16.1 Å². The lowest BCUT2D eigenvalue weighted by atomic mass is 10.1. The summed E-state index contributed by atoms with van der Waals surface area (Å²) in [4.78, 5) is 27.1. The summed E-state index contributed by atoms with van der Waals surface area (Å²) >= 11 is 1.58. The Bertz CT molecular complexity index is 1060. The van der Waals surface area contributed by atoms with Gasteiger partial charge in [0.15, 0.2) is 5.76 Å². The minimum atomic E-state index is -0.345. The lowest BCUT2D eigenvalue weighted by Crippen LogP contribution is -2.38. The monoisotopic (exact) mass is 398 g/mol. The Morgan fingerprint density at radius 2 is 2.07 bits per heavy atom. The summed E-state index contributed by atoms with van der Waals surface area (Å²) in [6.45, 7) is 3.74. The van der Waals surface area contributed by atoms with Crippen molar-refractivity contribution in [1.82, 2.24) is 20.3 Å². The van der Waals surface area contributed by atoms with E-state index in [2.05, 4.69) is 15.6 Å². The molecular formula is C20H22N4O3S. The van der Waals surface area contributed by atoms with E-state index in [4.69, 9.17) is 4.52 Å². The molecule has 7 nitrogen and oxygen atoms in total. The molecule has 1 saturated carbocycles. The van der Waals surface area contributed by atoms with E-state index in [9.17, 15) is 9.59 Å². The second-order valence-corrected chi connectivity index (χ2v) is 8.48. The number of nitrogens with zero attached hydrogens (tertiary/aromatic N) is 3. The van der Waals surface area contributed by atoms with E-state index in [1.807, 2.05) is 26.0 Å². The van der Waals surface area contributed by atoms with Crippen LogP contribution >= 0.6 is 11.3 Å². The van der Waals surface area contributed by atoms with E-state index in [1.54, 1.807) is 17.4 Å². The topological polar surface area (TPSA) is 90.0 Å². The summed E-state index contributed by atoms with van der Waals surface area (Å²) in [6.07, 6.45) is 4.27. The van der Waals surface area contributed by atoms with Crippen molar-refractivity contribution in [3.05, 3.63) is 45.2 Å². The molecule has 4 rings (SSSR count). The van der Waals surface area contributed by atoms with Crippen molar-refractivity contribution in [3.63, 3.8) is 0 Å². The van der Waals surface area contributed by atoms with Crippen molar-refractivity contribution in [1.29, 1.82) is 0 Å². The first-order valence-corrected chi connectivity index (χ1v) is 10.2. The van der Waals surface area contributed by atoms with Crippen LogP contribution in [0.2, 0.25) is 0 Å². The summed E-state index contributed by atoms with van der Waals surface area (Å²) in [5.41, 5.74) is 1.58. The second-order valence-electron chi connectivity index (χ2n) is 7.19. The van der Waals surface area contributed by atoms with E-state index >= 15 is 0 Å². The average Bonchev–Trinajstić information content (AvgIpc) is 3.39. The molecule has 28 heavy (non-hydrogen) atoms. The normalized spacial score (nSPS) is 14.5. The van der Waals surface area contributed by atoms with Crippen LogP contribution in [-0.4, -0.2) is 26.9 Å².